The highest BCUT2D eigenvalue weighted by Gasteiger charge is 2.49. The van der Waals surface area contributed by atoms with E-state index in [-0.39, 0.29) is 11.3 Å². The maximum Gasteiger partial charge on any atom is 0.534 e. The Labute approximate surface area is 715 Å². The number of rotatable bonds is 20. The van der Waals surface area contributed by atoms with Crippen molar-refractivity contribution in [2.24, 2.45) is 0 Å². The zero-order valence-corrected chi connectivity index (χ0v) is 70.2. The fourth-order valence-electron chi connectivity index (χ4n) is 17.5. The third-order valence-corrected chi connectivity index (χ3v) is 24.2. The van der Waals surface area contributed by atoms with E-state index in [1.807, 2.05) is 111 Å². The van der Waals surface area contributed by atoms with Gasteiger partial charge in [-0.1, -0.05) is 255 Å². The maximum absolute atomic E-state index is 13.5. The molecule has 0 spiro atoms. The van der Waals surface area contributed by atoms with Crippen molar-refractivity contribution in [3.8, 4) is 78.3 Å². The molecule has 14 heteroatoms. The van der Waals surface area contributed by atoms with Gasteiger partial charge in [0.05, 0.1) is 0 Å². The summed E-state index contributed by atoms with van der Waals surface area (Å²) < 4.78 is 75.0. The van der Waals surface area contributed by atoms with Gasteiger partial charge in [-0.05, 0) is 216 Å². The van der Waals surface area contributed by atoms with Crippen LogP contribution in [-0.2, 0) is 23.2 Å². The van der Waals surface area contributed by atoms with E-state index < -0.39 is 21.4 Å². The Morgan fingerprint density at radius 3 is 0.984 bits per heavy atom. The lowest BCUT2D eigenvalue weighted by Crippen LogP contribution is -2.28. The van der Waals surface area contributed by atoms with E-state index in [2.05, 4.69) is 282 Å². The van der Waals surface area contributed by atoms with Gasteiger partial charge in [0.2, 0.25) is 0 Å². The molecule has 0 saturated carbocycles. The minimum atomic E-state index is -5.94. The number of aryl methyl sites for hydroxylation is 2. The predicted octanol–water partition coefficient (Wildman–Crippen LogP) is 29.6. The summed E-state index contributed by atoms with van der Waals surface area (Å²) >= 11 is 0. The molecule has 10 nitrogen and oxygen atoms in total. The number of benzene rings is 18. The number of phenolic OH excluding ortho intramolecular Hbond substituents is 1. The van der Waals surface area contributed by atoms with Crippen LogP contribution in [-0.4, -0.2) is 54.3 Å². The summed E-state index contributed by atoms with van der Waals surface area (Å²) in [5, 5.41) is 31.1. The van der Waals surface area contributed by atoms with Crippen LogP contribution in [0.4, 0.5) is 47.3 Å². The first-order valence-electron chi connectivity index (χ1n) is 42.1. The van der Waals surface area contributed by atoms with Gasteiger partial charge in [0.1, 0.15) is 5.75 Å². The number of aromatic nitrogens is 2. The Kier molecular flexibility index (Phi) is 23.2. The molecule has 0 radical (unpaired) electrons. The van der Waals surface area contributed by atoms with Crippen LogP contribution >= 0.6 is 0 Å². The number of aromatic hydroxyl groups is 1. The average molecular weight is 1640 g/mol. The van der Waals surface area contributed by atoms with E-state index in [1.54, 1.807) is 36.4 Å². The molecule has 610 valence electrons. The summed E-state index contributed by atoms with van der Waals surface area (Å²) in [7, 11) is -5.94. The average Bonchev–Trinajstić information content (AvgIpc) is 0.731. The van der Waals surface area contributed by atoms with Crippen molar-refractivity contribution in [2.45, 2.75) is 60.1 Å². The Morgan fingerprint density at radius 2 is 0.618 bits per heavy atom. The quantitative estimate of drug-likeness (QED) is 0.0512. The van der Waals surface area contributed by atoms with Crippen LogP contribution in [0, 0.1) is 0 Å². The van der Waals surface area contributed by atoms with Gasteiger partial charge in [0, 0.05) is 161 Å². The molecule has 0 aliphatic rings. The van der Waals surface area contributed by atoms with E-state index >= 15 is 0 Å². The van der Waals surface area contributed by atoms with Crippen molar-refractivity contribution in [3.05, 3.63) is 364 Å². The molecule has 0 atom stereocenters. The van der Waals surface area contributed by atoms with Gasteiger partial charge < -0.3 is 38.9 Å². The molecular formula is C109H93F3N6O4S. The second-order valence-corrected chi connectivity index (χ2v) is 32.0. The highest BCUT2D eigenvalue weighted by molar-refractivity contribution is 7.88. The molecule has 19 aromatic rings. The summed E-state index contributed by atoms with van der Waals surface area (Å²) in [5.41, 5.74) is 17.2. The molecule has 0 aliphatic heterocycles. The lowest BCUT2D eigenvalue weighted by atomic mass is 9.96. The summed E-state index contributed by atoms with van der Waals surface area (Å²) in [5.74, 6) is -0.121. The summed E-state index contributed by atoms with van der Waals surface area (Å²) in [4.78, 5) is 4.46. The molecule has 1 aromatic heterocycles. The number of fused-ring (bicyclic) bond motifs is 6. The standard InChI is InChI=1S/C37H31F3N2O3S.C36H32N2O.C36H30N2/c1-3-41-33-19-11-17-27-21-30(25-13-7-5-8-14-25)35(23-29(27)33)42(4-2)34-20-12-18-28-22-32(26-15-9-6-10-16-26)36(24-31(28)34)45-46(43,44)37(38,39)40;1-3-37-33-19-11-17-27-21-30(25-13-7-5-8-14-25)35(23-29(27)33)38(4-2)34-20-12-18-28-22-32(36(39)24-31(28)34)26-15-9-6-10-16-26;1-3-37-33-19-11-17-27-22-30(26-15-9-6-10-16-26)36(24-31(27)33)38(4-2)34-20-12-18-28-21-29(35(37)23-32(28)34)25-13-7-5-8-14-25/h5-24,41H,3-4H2,1-2H3;5-24,37,39H,3-4H2,1-2H3;5-24H,3-4H2,1-2H3. The zero-order valence-electron chi connectivity index (χ0n) is 69.4. The topological polar surface area (TPSA) is 104 Å². The normalized spacial score (nSPS) is 11.6. The summed E-state index contributed by atoms with van der Waals surface area (Å²) in [6, 6.07) is 124. The minimum absolute atomic E-state index is 0.229. The van der Waals surface area contributed by atoms with Crippen LogP contribution in [0.5, 0.6) is 11.5 Å². The SMILES string of the molecule is CCNc1cccc2cc(-c3ccccc3)c(N(CC)c3cccc4cc(-c5ccccc5)c(O)cc34)cc12.CCNc1cccc2cc(-c3ccccc3)c(N(CC)c3cccc4cc(-c5ccccc5)c(OS(=O)(=O)C(F)(F)F)cc34)cc12.CCn1c2cc3c(cccc3n(CC)c3cc4c(cccc41)cc3-c1ccccc1)cc2-c1ccccc1. The Hall–Kier alpha value is -14.3. The molecule has 1 heterocycles. The van der Waals surface area contributed by atoms with E-state index in [9.17, 15) is 26.7 Å². The van der Waals surface area contributed by atoms with Gasteiger partial charge in [-0.3, -0.25) is 0 Å². The number of nitrogens with one attached hydrogen (secondary N) is 2. The fraction of sp³-hybridized carbons (Fsp3) is 0.119. The van der Waals surface area contributed by atoms with Crippen molar-refractivity contribution in [3.63, 3.8) is 0 Å². The maximum atomic E-state index is 13.5. The monoisotopic (exact) mass is 1640 g/mol. The smallest absolute Gasteiger partial charge is 0.507 e. The molecule has 3 N–H and O–H groups in total. The molecule has 4 bridgehead atoms. The molecule has 123 heavy (non-hydrogen) atoms. The number of hydrogen-bond donors (Lipinski definition) is 3. The highest BCUT2D eigenvalue weighted by atomic mass is 32.2. The van der Waals surface area contributed by atoms with Crippen molar-refractivity contribution in [2.75, 3.05) is 46.6 Å². The van der Waals surface area contributed by atoms with E-state index in [0.29, 0.717) is 28.6 Å². The molecule has 0 fully saturated rings. The van der Waals surface area contributed by atoms with Crippen LogP contribution in [0.15, 0.2) is 364 Å². The van der Waals surface area contributed by atoms with Gasteiger partial charge >= 0.3 is 15.6 Å². The van der Waals surface area contributed by atoms with Crippen molar-refractivity contribution in [1.29, 1.82) is 0 Å². The molecule has 18 aromatic carbocycles. The van der Waals surface area contributed by atoms with Gasteiger partial charge in [-0.15, -0.1) is 0 Å². The van der Waals surface area contributed by atoms with Crippen molar-refractivity contribution in [1.82, 2.24) is 9.13 Å². The van der Waals surface area contributed by atoms with Crippen molar-refractivity contribution >= 4 is 131 Å². The Balaban J connectivity index is 0.000000132. The largest absolute Gasteiger partial charge is 0.534 e. The Morgan fingerprint density at radius 1 is 0.309 bits per heavy atom. The highest BCUT2D eigenvalue weighted by Crippen LogP contribution is 2.49. The summed E-state index contributed by atoms with van der Waals surface area (Å²) in [6.45, 7) is 17.5. The van der Waals surface area contributed by atoms with E-state index in [0.717, 1.165) is 105 Å². The number of anilines is 6. The van der Waals surface area contributed by atoms with Crippen molar-refractivity contribution < 1.29 is 30.9 Å². The van der Waals surface area contributed by atoms with Crippen LogP contribution in [0.2, 0.25) is 0 Å². The first-order chi connectivity index (χ1) is 60.0. The first-order valence-corrected chi connectivity index (χ1v) is 43.5. The third-order valence-electron chi connectivity index (χ3n) is 23.2. The predicted molar refractivity (Wildman–Crippen MR) is 512 cm³/mol. The van der Waals surface area contributed by atoms with Gasteiger partial charge in [0.25, 0.3) is 0 Å². The lowest BCUT2D eigenvalue weighted by molar-refractivity contribution is -0.0499. The first kappa shape index (κ1) is 81.0. The number of alkyl halides is 3. The van der Waals surface area contributed by atoms with Crippen LogP contribution in [0.3, 0.4) is 0 Å². The number of phenols is 1. The van der Waals surface area contributed by atoms with E-state index in [1.165, 1.54) is 93.8 Å². The number of hydrogen-bond acceptors (Lipinski definition) is 8. The molecule has 0 unspecified atom stereocenters. The summed E-state index contributed by atoms with van der Waals surface area (Å²) in [6.07, 6.45) is 0. The molecule has 0 saturated heterocycles. The van der Waals surface area contributed by atoms with Crippen LogP contribution in [0.1, 0.15) is 41.5 Å². The van der Waals surface area contributed by atoms with Crippen LogP contribution in [0.25, 0.3) is 153 Å². The second kappa shape index (κ2) is 35.2. The van der Waals surface area contributed by atoms with E-state index in [4.69, 9.17) is 4.18 Å². The minimum Gasteiger partial charge on any atom is -0.507 e. The molecule has 0 amide bonds. The molecule has 19 rings (SSSR count). The van der Waals surface area contributed by atoms with Gasteiger partial charge in [-0.2, -0.15) is 21.6 Å². The number of halogens is 3. The molecule has 0 aliphatic carbocycles. The van der Waals surface area contributed by atoms with Gasteiger partial charge in [0.15, 0.2) is 5.75 Å². The second-order valence-electron chi connectivity index (χ2n) is 30.5. The zero-order chi connectivity index (χ0) is 84.9. The third kappa shape index (κ3) is 16.0. The van der Waals surface area contributed by atoms with Gasteiger partial charge in [-0.25, -0.2) is 0 Å². The molecular weight excluding hydrogens is 1550 g/mol. The number of nitrogens with zero attached hydrogens (tertiary/aromatic N) is 4. The lowest BCUT2D eigenvalue weighted by Gasteiger charge is -2.29. The fourth-order valence-corrected chi connectivity index (χ4v) is 18.0. The van der Waals surface area contributed by atoms with Crippen LogP contribution < -0.4 is 24.6 Å². The Bertz CT molecular complexity index is 7110.